The lowest BCUT2D eigenvalue weighted by atomic mass is 10.2. The molecule has 1 unspecified atom stereocenters. The normalized spacial score (nSPS) is 18.0. The van der Waals surface area contributed by atoms with Crippen molar-refractivity contribution in [3.05, 3.63) is 30.1 Å². The van der Waals surface area contributed by atoms with Crippen molar-refractivity contribution in [1.29, 1.82) is 0 Å². The third-order valence-corrected chi connectivity index (χ3v) is 4.36. The Labute approximate surface area is 152 Å². The maximum atomic E-state index is 11.9. The van der Waals surface area contributed by atoms with Gasteiger partial charge in [-0.15, -0.1) is 0 Å². The van der Waals surface area contributed by atoms with E-state index >= 15 is 0 Å². The zero-order valence-corrected chi connectivity index (χ0v) is 15.3. The fraction of sp³-hybridized carbons (Fsp3) is 0.500. The molecule has 1 atom stereocenters. The first kappa shape index (κ1) is 18.2. The lowest BCUT2D eigenvalue weighted by Crippen LogP contribution is -2.53. The minimum absolute atomic E-state index is 0.0764. The van der Waals surface area contributed by atoms with Gasteiger partial charge in [0.2, 0.25) is 0 Å². The minimum Gasteiger partial charge on any atom is -0.497 e. The topological polar surface area (TPSA) is 80.9 Å². The number of rotatable bonds is 5. The van der Waals surface area contributed by atoms with Crippen LogP contribution in [0.1, 0.15) is 19.7 Å². The Morgan fingerprint density at radius 2 is 2.23 bits per heavy atom. The molecule has 2 aromatic rings. The van der Waals surface area contributed by atoms with Crippen LogP contribution in [0, 0.1) is 0 Å². The molecular weight excluding hydrogens is 336 g/mol. The molecule has 0 spiro atoms. The van der Waals surface area contributed by atoms with Gasteiger partial charge in [-0.2, -0.15) is 4.98 Å². The van der Waals surface area contributed by atoms with Gasteiger partial charge in [0.25, 0.3) is 5.89 Å². The lowest BCUT2D eigenvalue weighted by Gasteiger charge is -2.38. The molecular formula is C18H24N4O4. The van der Waals surface area contributed by atoms with E-state index in [9.17, 15) is 4.79 Å². The van der Waals surface area contributed by atoms with Gasteiger partial charge in [-0.25, -0.2) is 4.79 Å². The predicted molar refractivity (Wildman–Crippen MR) is 94.8 cm³/mol. The van der Waals surface area contributed by atoms with Crippen molar-refractivity contribution in [3.8, 4) is 17.2 Å². The molecule has 0 saturated carbocycles. The second-order valence-corrected chi connectivity index (χ2v) is 6.22. The predicted octanol–water partition coefficient (Wildman–Crippen LogP) is 2.41. The molecule has 3 rings (SSSR count). The van der Waals surface area contributed by atoms with Gasteiger partial charge in [-0.1, -0.05) is 11.2 Å². The number of hydrogen-bond acceptors (Lipinski definition) is 7. The molecule has 0 N–H and O–H groups in total. The third kappa shape index (κ3) is 4.13. The average molecular weight is 360 g/mol. The Hall–Kier alpha value is -2.61. The van der Waals surface area contributed by atoms with Gasteiger partial charge in [-0.05, 0) is 32.0 Å². The highest BCUT2D eigenvalue weighted by Gasteiger charge is 2.29. The summed E-state index contributed by atoms with van der Waals surface area (Å²) in [5, 5.41) is 4.08. The van der Waals surface area contributed by atoms with Crippen molar-refractivity contribution in [3.63, 3.8) is 0 Å². The number of amides is 1. The number of hydrogen-bond donors (Lipinski definition) is 0. The molecule has 140 valence electrons. The number of piperazine rings is 1. The van der Waals surface area contributed by atoms with Crippen molar-refractivity contribution < 1.29 is 18.8 Å². The summed E-state index contributed by atoms with van der Waals surface area (Å²) < 4.78 is 15.7. The van der Waals surface area contributed by atoms with Gasteiger partial charge >= 0.3 is 6.09 Å². The van der Waals surface area contributed by atoms with Crippen LogP contribution in [0.25, 0.3) is 11.5 Å². The Bertz CT molecular complexity index is 748. The van der Waals surface area contributed by atoms with Crippen LogP contribution in [-0.2, 0) is 11.3 Å². The molecule has 0 aliphatic carbocycles. The number of aromatic nitrogens is 2. The molecule has 1 fully saturated rings. The third-order valence-electron chi connectivity index (χ3n) is 4.36. The van der Waals surface area contributed by atoms with Gasteiger partial charge in [-0.3, -0.25) is 4.90 Å². The summed E-state index contributed by atoms with van der Waals surface area (Å²) in [6.07, 6.45) is -0.250. The minimum atomic E-state index is -0.250. The summed E-state index contributed by atoms with van der Waals surface area (Å²) in [6.45, 7) is 6.90. The molecule has 1 aliphatic heterocycles. The van der Waals surface area contributed by atoms with Crippen LogP contribution in [0.2, 0.25) is 0 Å². The standard InChI is InChI=1S/C18H24N4O4/c1-4-25-18(23)22-9-8-21(11-13(22)2)12-16-19-17(26-20-16)14-6-5-7-15(10-14)24-3/h5-7,10,13H,4,8-9,11-12H2,1-3H3. The molecule has 26 heavy (non-hydrogen) atoms. The van der Waals surface area contributed by atoms with Crippen molar-refractivity contribution in [1.82, 2.24) is 19.9 Å². The first-order valence-corrected chi connectivity index (χ1v) is 8.73. The van der Waals surface area contributed by atoms with Crippen molar-refractivity contribution in [2.45, 2.75) is 26.4 Å². The second kappa shape index (κ2) is 8.18. The first-order valence-electron chi connectivity index (χ1n) is 8.73. The molecule has 1 amide bonds. The quantitative estimate of drug-likeness (QED) is 0.810. The monoisotopic (exact) mass is 360 g/mol. The number of benzene rings is 1. The van der Waals surface area contributed by atoms with E-state index in [1.807, 2.05) is 38.1 Å². The summed E-state index contributed by atoms with van der Waals surface area (Å²) in [5.41, 5.74) is 0.823. The SMILES string of the molecule is CCOC(=O)N1CCN(Cc2noc(-c3cccc(OC)c3)n2)CC1C. The van der Waals surface area contributed by atoms with E-state index in [0.717, 1.165) is 24.4 Å². The summed E-state index contributed by atoms with van der Waals surface area (Å²) >= 11 is 0. The molecule has 1 aromatic carbocycles. The maximum Gasteiger partial charge on any atom is 0.410 e. The molecule has 1 aromatic heterocycles. The Balaban J connectivity index is 1.60. The molecule has 1 aliphatic rings. The number of ether oxygens (including phenoxy) is 2. The largest absolute Gasteiger partial charge is 0.497 e. The average Bonchev–Trinajstić information content (AvgIpc) is 3.10. The fourth-order valence-electron chi connectivity index (χ4n) is 3.05. The number of nitrogens with zero attached hydrogens (tertiary/aromatic N) is 4. The van der Waals surface area contributed by atoms with E-state index < -0.39 is 0 Å². The van der Waals surface area contributed by atoms with E-state index in [1.165, 1.54) is 0 Å². The molecule has 0 bridgehead atoms. The number of carbonyl (C=O) groups excluding carboxylic acids is 1. The zero-order chi connectivity index (χ0) is 18.5. The smallest absolute Gasteiger partial charge is 0.410 e. The van der Waals surface area contributed by atoms with Crippen LogP contribution in [0.4, 0.5) is 4.79 Å². The second-order valence-electron chi connectivity index (χ2n) is 6.22. The van der Waals surface area contributed by atoms with Gasteiger partial charge in [0.05, 0.1) is 20.3 Å². The summed E-state index contributed by atoms with van der Waals surface area (Å²) in [4.78, 5) is 20.4. The summed E-state index contributed by atoms with van der Waals surface area (Å²) in [7, 11) is 1.62. The molecule has 1 saturated heterocycles. The highest BCUT2D eigenvalue weighted by Crippen LogP contribution is 2.22. The van der Waals surface area contributed by atoms with Crippen LogP contribution in [0.15, 0.2) is 28.8 Å². The highest BCUT2D eigenvalue weighted by atomic mass is 16.6. The van der Waals surface area contributed by atoms with Crippen LogP contribution in [0.5, 0.6) is 5.75 Å². The van der Waals surface area contributed by atoms with Crippen LogP contribution in [-0.4, -0.2) is 65.4 Å². The Morgan fingerprint density at radius 3 is 2.96 bits per heavy atom. The lowest BCUT2D eigenvalue weighted by molar-refractivity contribution is 0.0510. The number of methoxy groups -OCH3 is 1. The summed E-state index contributed by atoms with van der Waals surface area (Å²) in [5.74, 6) is 1.84. The van der Waals surface area contributed by atoms with Crippen LogP contribution >= 0.6 is 0 Å². The van der Waals surface area contributed by atoms with E-state index in [-0.39, 0.29) is 12.1 Å². The molecule has 8 nitrogen and oxygen atoms in total. The van der Waals surface area contributed by atoms with Gasteiger partial charge in [0, 0.05) is 31.2 Å². The maximum absolute atomic E-state index is 11.9. The van der Waals surface area contributed by atoms with Gasteiger partial charge in [0.15, 0.2) is 5.82 Å². The van der Waals surface area contributed by atoms with Crippen molar-refractivity contribution in [2.75, 3.05) is 33.4 Å². The van der Waals surface area contributed by atoms with Crippen molar-refractivity contribution >= 4 is 6.09 Å². The van der Waals surface area contributed by atoms with Crippen LogP contribution in [0.3, 0.4) is 0 Å². The van der Waals surface area contributed by atoms with Gasteiger partial charge in [0.1, 0.15) is 5.75 Å². The Morgan fingerprint density at radius 1 is 1.38 bits per heavy atom. The summed E-state index contributed by atoms with van der Waals surface area (Å²) in [6, 6.07) is 7.59. The molecule has 0 radical (unpaired) electrons. The Kier molecular flexibility index (Phi) is 5.72. The van der Waals surface area contributed by atoms with E-state index in [0.29, 0.717) is 31.4 Å². The van der Waals surface area contributed by atoms with Crippen LogP contribution < -0.4 is 4.74 Å². The molecule has 8 heteroatoms. The fourth-order valence-corrected chi connectivity index (χ4v) is 3.05. The number of carbonyl (C=O) groups is 1. The first-order chi connectivity index (χ1) is 12.6. The van der Waals surface area contributed by atoms with E-state index in [1.54, 1.807) is 12.0 Å². The van der Waals surface area contributed by atoms with E-state index in [2.05, 4.69) is 15.0 Å². The van der Waals surface area contributed by atoms with E-state index in [4.69, 9.17) is 14.0 Å². The highest BCUT2D eigenvalue weighted by molar-refractivity contribution is 5.68. The van der Waals surface area contributed by atoms with Gasteiger partial charge < -0.3 is 18.9 Å². The zero-order valence-electron chi connectivity index (χ0n) is 15.3. The molecule has 2 heterocycles. The van der Waals surface area contributed by atoms with Crippen molar-refractivity contribution in [2.24, 2.45) is 0 Å².